The van der Waals surface area contributed by atoms with Crippen molar-refractivity contribution >= 4 is 27.3 Å². The van der Waals surface area contributed by atoms with Crippen molar-refractivity contribution in [1.82, 2.24) is 5.32 Å². The average molecular weight is 299 g/mol. The maximum absolute atomic E-state index is 13.4. The topological polar surface area (TPSA) is 87.3 Å². The van der Waals surface area contributed by atoms with E-state index in [4.69, 9.17) is 6.42 Å². The Bertz CT molecular complexity index is 638. The first-order valence-electron chi connectivity index (χ1n) is 5.53. The SMILES string of the molecule is C#CCNCC(=O)Nc1ccc(F)c(NS(C)(=O)=O)c1. The van der Waals surface area contributed by atoms with E-state index in [1.807, 2.05) is 4.72 Å². The summed E-state index contributed by atoms with van der Waals surface area (Å²) >= 11 is 0. The number of halogens is 1. The lowest BCUT2D eigenvalue weighted by Crippen LogP contribution is -2.28. The maximum atomic E-state index is 13.4. The zero-order valence-electron chi connectivity index (χ0n) is 10.7. The van der Waals surface area contributed by atoms with Crippen molar-refractivity contribution in [1.29, 1.82) is 0 Å². The average Bonchev–Trinajstić information content (AvgIpc) is 2.32. The fraction of sp³-hybridized carbons (Fsp3) is 0.250. The smallest absolute Gasteiger partial charge is 0.238 e. The van der Waals surface area contributed by atoms with Gasteiger partial charge in [-0.15, -0.1) is 6.42 Å². The van der Waals surface area contributed by atoms with Crippen LogP contribution in [0.25, 0.3) is 0 Å². The molecule has 108 valence electrons. The van der Waals surface area contributed by atoms with E-state index in [0.29, 0.717) is 0 Å². The van der Waals surface area contributed by atoms with E-state index < -0.39 is 15.8 Å². The van der Waals surface area contributed by atoms with Gasteiger partial charge in [0.05, 0.1) is 25.0 Å². The number of hydrogen-bond acceptors (Lipinski definition) is 4. The van der Waals surface area contributed by atoms with Gasteiger partial charge in [-0.25, -0.2) is 12.8 Å². The van der Waals surface area contributed by atoms with Crippen molar-refractivity contribution in [3.05, 3.63) is 24.0 Å². The lowest BCUT2D eigenvalue weighted by molar-refractivity contribution is -0.115. The van der Waals surface area contributed by atoms with Crippen molar-refractivity contribution in [2.75, 3.05) is 29.4 Å². The number of anilines is 2. The van der Waals surface area contributed by atoms with Crippen LogP contribution in [0.4, 0.5) is 15.8 Å². The van der Waals surface area contributed by atoms with Crippen LogP contribution in [-0.2, 0) is 14.8 Å². The van der Waals surface area contributed by atoms with Gasteiger partial charge >= 0.3 is 0 Å². The van der Waals surface area contributed by atoms with Gasteiger partial charge < -0.3 is 5.32 Å². The Hall–Kier alpha value is -2.11. The predicted molar refractivity (Wildman–Crippen MR) is 75.2 cm³/mol. The summed E-state index contributed by atoms with van der Waals surface area (Å²) in [7, 11) is -3.60. The minimum Gasteiger partial charge on any atom is -0.325 e. The second kappa shape index (κ2) is 6.88. The Morgan fingerprint density at radius 2 is 2.15 bits per heavy atom. The summed E-state index contributed by atoms with van der Waals surface area (Å²) in [5.41, 5.74) is 0.0342. The Balaban J connectivity index is 2.75. The molecule has 8 heteroatoms. The molecule has 0 fully saturated rings. The highest BCUT2D eigenvalue weighted by Crippen LogP contribution is 2.20. The van der Waals surface area contributed by atoms with Crippen LogP contribution in [0.3, 0.4) is 0 Å². The summed E-state index contributed by atoms with van der Waals surface area (Å²) in [6, 6.07) is 3.56. The minimum atomic E-state index is -3.60. The molecule has 3 N–H and O–H groups in total. The first-order valence-corrected chi connectivity index (χ1v) is 7.42. The Morgan fingerprint density at radius 1 is 1.45 bits per heavy atom. The molecule has 6 nitrogen and oxygen atoms in total. The van der Waals surface area contributed by atoms with Gasteiger partial charge in [0.1, 0.15) is 5.82 Å². The molecule has 0 atom stereocenters. The Morgan fingerprint density at radius 3 is 2.75 bits per heavy atom. The molecule has 0 radical (unpaired) electrons. The van der Waals surface area contributed by atoms with Crippen molar-refractivity contribution in [2.24, 2.45) is 0 Å². The van der Waals surface area contributed by atoms with E-state index in [1.54, 1.807) is 0 Å². The lowest BCUT2D eigenvalue weighted by Gasteiger charge is -2.09. The van der Waals surface area contributed by atoms with Gasteiger partial charge in [-0.3, -0.25) is 14.8 Å². The normalized spacial score (nSPS) is 10.7. The molecule has 1 aromatic carbocycles. The fourth-order valence-electron chi connectivity index (χ4n) is 1.33. The van der Waals surface area contributed by atoms with E-state index in [-0.39, 0.29) is 30.4 Å². The molecule has 20 heavy (non-hydrogen) atoms. The molecular formula is C12H14FN3O3S. The van der Waals surface area contributed by atoms with Crippen LogP contribution in [0.1, 0.15) is 0 Å². The number of terminal acetylenes is 1. The largest absolute Gasteiger partial charge is 0.325 e. The highest BCUT2D eigenvalue weighted by atomic mass is 32.2. The van der Waals surface area contributed by atoms with Crippen LogP contribution in [0.15, 0.2) is 18.2 Å². The van der Waals surface area contributed by atoms with Gasteiger partial charge in [0, 0.05) is 5.69 Å². The van der Waals surface area contributed by atoms with Crippen LogP contribution >= 0.6 is 0 Å². The summed E-state index contributed by atoms with van der Waals surface area (Å²) in [5.74, 6) is 1.20. The Kier molecular flexibility index (Phi) is 5.49. The fourth-order valence-corrected chi connectivity index (χ4v) is 1.89. The maximum Gasteiger partial charge on any atom is 0.238 e. The first kappa shape index (κ1) is 15.9. The zero-order chi connectivity index (χ0) is 15.2. The summed E-state index contributed by atoms with van der Waals surface area (Å²) in [6.45, 7) is 0.244. The van der Waals surface area contributed by atoms with Gasteiger partial charge in [0.2, 0.25) is 15.9 Å². The van der Waals surface area contributed by atoms with Crippen molar-refractivity contribution < 1.29 is 17.6 Å². The van der Waals surface area contributed by atoms with Crippen molar-refractivity contribution in [3.63, 3.8) is 0 Å². The van der Waals surface area contributed by atoms with E-state index >= 15 is 0 Å². The Labute approximate surface area is 116 Å². The molecule has 1 amide bonds. The van der Waals surface area contributed by atoms with Gasteiger partial charge in [0.25, 0.3) is 0 Å². The van der Waals surface area contributed by atoms with Gasteiger partial charge in [-0.05, 0) is 18.2 Å². The summed E-state index contributed by atoms with van der Waals surface area (Å²) in [4.78, 5) is 11.5. The molecule has 0 heterocycles. The highest BCUT2D eigenvalue weighted by Gasteiger charge is 2.09. The summed E-state index contributed by atoms with van der Waals surface area (Å²) < 4.78 is 37.6. The number of nitrogens with one attached hydrogen (secondary N) is 3. The molecule has 0 unspecified atom stereocenters. The second-order valence-corrected chi connectivity index (χ2v) is 5.67. The van der Waals surface area contributed by atoms with E-state index in [1.165, 1.54) is 12.1 Å². The number of amides is 1. The molecule has 0 aliphatic rings. The number of carbonyl (C=O) groups excluding carboxylic acids is 1. The van der Waals surface area contributed by atoms with E-state index in [2.05, 4.69) is 16.6 Å². The quantitative estimate of drug-likeness (QED) is 0.523. The van der Waals surface area contributed by atoms with Crippen LogP contribution in [-0.4, -0.2) is 33.7 Å². The number of carbonyl (C=O) groups is 1. The predicted octanol–water partition coefficient (Wildman–Crippen LogP) is 0.358. The lowest BCUT2D eigenvalue weighted by atomic mass is 10.2. The van der Waals surface area contributed by atoms with E-state index in [0.717, 1.165) is 12.3 Å². The van der Waals surface area contributed by atoms with Gasteiger partial charge in [-0.2, -0.15) is 0 Å². The van der Waals surface area contributed by atoms with Gasteiger partial charge in [0.15, 0.2) is 0 Å². The van der Waals surface area contributed by atoms with Gasteiger partial charge in [-0.1, -0.05) is 5.92 Å². The summed E-state index contributed by atoms with van der Waals surface area (Å²) in [6.07, 6.45) is 5.92. The standard InChI is InChI=1S/C12H14FN3O3S/c1-3-6-14-8-12(17)15-9-4-5-10(13)11(7-9)16-20(2,18)19/h1,4-5,7,14,16H,6,8H2,2H3,(H,15,17). The third-order valence-electron chi connectivity index (χ3n) is 2.06. The molecular weight excluding hydrogens is 285 g/mol. The molecule has 0 spiro atoms. The monoisotopic (exact) mass is 299 g/mol. The molecule has 0 bridgehead atoms. The second-order valence-electron chi connectivity index (χ2n) is 3.92. The van der Waals surface area contributed by atoms with Crippen LogP contribution in [0, 0.1) is 18.2 Å². The first-order chi connectivity index (χ1) is 9.31. The minimum absolute atomic E-state index is 0.00356. The van der Waals surface area contributed by atoms with Crippen molar-refractivity contribution in [2.45, 2.75) is 0 Å². The molecule has 0 aromatic heterocycles. The zero-order valence-corrected chi connectivity index (χ0v) is 11.6. The number of hydrogen-bond donors (Lipinski definition) is 3. The molecule has 0 saturated heterocycles. The van der Waals surface area contributed by atoms with Crippen LogP contribution in [0.2, 0.25) is 0 Å². The molecule has 0 aliphatic heterocycles. The molecule has 1 rings (SSSR count). The number of benzene rings is 1. The van der Waals surface area contributed by atoms with Crippen LogP contribution < -0.4 is 15.4 Å². The molecule has 0 aliphatic carbocycles. The third-order valence-corrected chi connectivity index (χ3v) is 2.65. The molecule has 0 saturated carbocycles. The molecule has 1 aromatic rings. The van der Waals surface area contributed by atoms with E-state index in [9.17, 15) is 17.6 Å². The number of rotatable bonds is 6. The van der Waals surface area contributed by atoms with Crippen LogP contribution in [0.5, 0.6) is 0 Å². The third kappa shape index (κ3) is 5.69. The highest BCUT2D eigenvalue weighted by molar-refractivity contribution is 7.92. The summed E-state index contributed by atoms with van der Waals surface area (Å²) in [5, 5.41) is 5.17. The number of sulfonamides is 1. The van der Waals surface area contributed by atoms with Crippen molar-refractivity contribution in [3.8, 4) is 12.3 Å².